The zero-order valence-corrected chi connectivity index (χ0v) is 14.1. The second-order valence-electron chi connectivity index (χ2n) is 6.09. The van der Waals surface area contributed by atoms with Crippen molar-refractivity contribution in [3.8, 4) is 11.3 Å². The summed E-state index contributed by atoms with van der Waals surface area (Å²) in [6, 6.07) is 17.6. The Kier molecular flexibility index (Phi) is 4.13. The van der Waals surface area contributed by atoms with Gasteiger partial charge in [0.1, 0.15) is 0 Å². The highest BCUT2D eigenvalue weighted by Crippen LogP contribution is 2.42. The Morgan fingerprint density at radius 1 is 1.08 bits per heavy atom. The van der Waals surface area contributed by atoms with Crippen molar-refractivity contribution in [1.82, 2.24) is 10.3 Å². The monoisotopic (exact) mass is 334 g/mol. The smallest absolute Gasteiger partial charge is 0.251 e. The van der Waals surface area contributed by atoms with Crippen LogP contribution in [0, 0.1) is 0 Å². The van der Waals surface area contributed by atoms with Crippen molar-refractivity contribution in [1.29, 1.82) is 0 Å². The molecule has 1 aliphatic rings. The normalized spacial score (nSPS) is 13.7. The number of thiazole rings is 1. The van der Waals surface area contributed by atoms with Gasteiger partial charge in [-0.15, -0.1) is 11.3 Å². The van der Waals surface area contributed by atoms with E-state index in [4.69, 9.17) is 4.98 Å². The third-order valence-corrected chi connectivity index (χ3v) is 5.19. The molecule has 1 N–H and O–H groups in total. The Hall–Kier alpha value is -2.46. The number of hydrogen-bond donors (Lipinski definition) is 1. The predicted octanol–water partition coefficient (Wildman–Crippen LogP) is 4.62. The molecule has 4 heteroatoms. The van der Waals surface area contributed by atoms with Crippen LogP contribution in [-0.2, 0) is 6.54 Å². The molecule has 1 amide bonds. The molecule has 3 nitrogen and oxygen atoms in total. The molecule has 1 fully saturated rings. The van der Waals surface area contributed by atoms with Crippen LogP contribution in [0.25, 0.3) is 11.3 Å². The zero-order valence-electron chi connectivity index (χ0n) is 13.2. The molecule has 0 saturated heterocycles. The lowest BCUT2D eigenvalue weighted by atomic mass is 10.1. The first kappa shape index (κ1) is 15.1. The van der Waals surface area contributed by atoms with Gasteiger partial charge >= 0.3 is 0 Å². The molecule has 2 aromatic carbocycles. The highest BCUT2D eigenvalue weighted by molar-refractivity contribution is 7.10. The molecule has 0 aliphatic heterocycles. The third-order valence-electron chi connectivity index (χ3n) is 4.19. The third kappa shape index (κ3) is 3.39. The minimum Gasteiger partial charge on any atom is -0.348 e. The summed E-state index contributed by atoms with van der Waals surface area (Å²) < 4.78 is 0. The van der Waals surface area contributed by atoms with Crippen molar-refractivity contribution >= 4 is 17.2 Å². The van der Waals surface area contributed by atoms with Crippen LogP contribution in [-0.4, -0.2) is 10.9 Å². The van der Waals surface area contributed by atoms with Crippen LogP contribution in [0.4, 0.5) is 0 Å². The first-order valence-electron chi connectivity index (χ1n) is 8.17. The van der Waals surface area contributed by atoms with Gasteiger partial charge in [0, 0.05) is 29.0 Å². The Morgan fingerprint density at radius 3 is 2.54 bits per heavy atom. The van der Waals surface area contributed by atoms with E-state index in [0.717, 1.165) is 16.8 Å². The molecule has 0 atom stereocenters. The van der Waals surface area contributed by atoms with Crippen molar-refractivity contribution in [2.24, 2.45) is 0 Å². The van der Waals surface area contributed by atoms with Crippen LogP contribution < -0.4 is 5.32 Å². The quantitative estimate of drug-likeness (QED) is 0.740. The molecule has 0 unspecified atom stereocenters. The number of nitrogens with zero attached hydrogens (tertiary/aromatic N) is 1. The molecule has 3 aromatic rings. The lowest BCUT2D eigenvalue weighted by Gasteiger charge is -2.06. The van der Waals surface area contributed by atoms with Gasteiger partial charge in [0.25, 0.3) is 5.91 Å². The number of nitrogens with one attached hydrogen (secondary N) is 1. The van der Waals surface area contributed by atoms with E-state index in [1.54, 1.807) is 11.3 Å². The van der Waals surface area contributed by atoms with Gasteiger partial charge in [-0.1, -0.05) is 42.5 Å². The summed E-state index contributed by atoms with van der Waals surface area (Å²) in [6.45, 7) is 0.540. The van der Waals surface area contributed by atoms with Gasteiger partial charge in [-0.25, -0.2) is 4.98 Å². The number of rotatable bonds is 5. The average molecular weight is 334 g/mol. The lowest BCUT2D eigenvalue weighted by molar-refractivity contribution is 0.0951. The second kappa shape index (κ2) is 6.57. The zero-order chi connectivity index (χ0) is 16.4. The van der Waals surface area contributed by atoms with Crippen molar-refractivity contribution in [3.05, 3.63) is 76.1 Å². The first-order chi connectivity index (χ1) is 11.8. The van der Waals surface area contributed by atoms with Crippen LogP contribution in [0.1, 0.15) is 39.7 Å². The summed E-state index contributed by atoms with van der Waals surface area (Å²) in [6.07, 6.45) is 2.54. The van der Waals surface area contributed by atoms with E-state index in [1.807, 2.05) is 54.6 Å². The van der Waals surface area contributed by atoms with Crippen molar-refractivity contribution in [2.45, 2.75) is 25.3 Å². The Morgan fingerprint density at radius 2 is 1.83 bits per heavy atom. The maximum atomic E-state index is 12.2. The van der Waals surface area contributed by atoms with E-state index in [-0.39, 0.29) is 5.91 Å². The molecule has 1 saturated carbocycles. The highest BCUT2D eigenvalue weighted by atomic mass is 32.1. The summed E-state index contributed by atoms with van der Waals surface area (Å²) in [7, 11) is 0. The number of benzene rings is 2. The van der Waals surface area contributed by atoms with E-state index < -0.39 is 0 Å². The first-order valence-corrected chi connectivity index (χ1v) is 9.05. The van der Waals surface area contributed by atoms with Crippen LogP contribution in [0.15, 0.2) is 60.0 Å². The molecule has 1 aliphatic carbocycles. The number of hydrogen-bond acceptors (Lipinski definition) is 3. The Bertz CT molecular complexity index is 836. The van der Waals surface area contributed by atoms with Gasteiger partial charge in [0.15, 0.2) is 0 Å². The number of carbonyl (C=O) groups excluding carboxylic acids is 1. The SMILES string of the molecule is O=C(NCc1ccccc1)c1ccc(-c2csc(C3CC3)n2)cc1. The molecule has 0 bridgehead atoms. The van der Waals surface area contributed by atoms with Crippen LogP contribution >= 0.6 is 11.3 Å². The summed E-state index contributed by atoms with van der Waals surface area (Å²) in [5, 5.41) is 6.30. The molecular formula is C20H18N2OS. The van der Waals surface area contributed by atoms with E-state index >= 15 is 0 Å². The maximum absolute atomic E-state index is 12.2. The molecule has 1 heterocycles. The topological polar surface area (TPSA) is 42.0 Å². The van der Waals surface area contributed by atoms with E-state index in [2.05, 4.69) is 10.7 Å². The fourth-order valence-electron chi connectivity index (χ4n) is 2.61. The predicted molar refractivity (Wildman–Crippen MR) is 97.1 cm³/mol. The van der Waals surface area contributed by atoms with Gasteiger partial charge < -0.3 is 5.32 Å². The summed E-state index contributed by atoms with van der Waals surface area (Å²) in [5.41, 5.74) is 3.85. The molecule has 0 spiro atoms. The Balaban J connectivity index is 1.41. The number of aromatic nitrogens is 1. The van der Waals surface area contributed by atoms with Crippen LogP contribution in [0.5, 0.6) is 0 Å². The second-order valence-corrected chi connectivity index (χ2v) is 6.98. The van der Waals surface area contributed by atoms with Crippen LogP contribution in [0.2, 0.25) is 0 Å². The molecule has 120 valence electrons. The van der Waals surface area contributed by atoms with Gasteiger partial charge in [0.2, 0.25) is 0 Å². The number of carbonyl (C=O) groups is 1. The fourth-order valence-corrected chi connectivity index (χ4v) is 3.61. The summed E-state index contributed by atoms with van der Waals surface area (Å²) in [5.74, 6) is 0.633. The van der Waals surface area contributed by atoms with Crippen LogP contribution in [0.3, 0.4) is 0 Å². The largest absolute Gasteiger partial charge is 0.348 e. The minimum atomic E-state index is -0.0534. The molecule has 1 aromatic heterocycles. The highest BCUT2D eigenvalue weighted by Gasteiger charge is 2.26. The average Bonchev–Trinajstić information content (AvgIpc) is 3.38. The van der Waals surface area contributed by atoms with Gasteiger partial charge in [0.05, 0.1) is 10.7 Å². The molecule has 24 heavy (non-hydrogen) atoms. The van der Waals surface area contributed by atoms with Crippen molar-refractivity contribution in [2.75, 3.05) is 0 Å². The molecule has 0 radical (unpaired) electrons. The van der Waals surface area contributed by atoms with Crippen molar-refractivity contribution < 1.29 is 4.79 Å². The number of amides is 1. The molecular weight excluding hydrogens is 316 g/mol. The fraction of sp³-hybridized carbons (Fsp3) is 0.200. The van der Waals surface area contributed by atoms with Gasteiger partial charge in [-0.05, 0) is 30.5 Å². The van der Waals surface area contributed by atoms with Crippen molar-refractivity contribution in [3.63, 3.8) is 0 Å². The molecule has 4 rings (SSSR count). The van der Waals surface area contributed by atoms with E-state index in [9.17, 15) is 4.79 Å². The minimum absolute atomic E-state index is 0.0534. The maximum Gasteiger partial charge on any atom is 0.251 e. The Labute approximate surface area is 145 Å². The van der Waals surface area contributed by atoms with Gasteiger partial charge in [-0.3, -0.25) is 4.79 Å². The summed E-state index contributed by atoms with van der Waals surface area (Å²) >= 11 is 1.74. The van der Waals surface area contributed by atoms with E-state index in [1.165, 1.54) is 17.8 Å². The van der Waals surface area contributed by atoms with Gasteiger partial charge in [-0.2, -0.15) is 0 Å². The lowest BCUT2D eigenvalue weighted by Crippen LogP contribution is -2.22. The summed E-state index contributed by atoms with van der Waals surface area (Å²) in [4.78, 5) is 17.0. The van der Waals surface area contributed by atoms with E-state index in [0.29, 0.717) is 18.0 Å². The standard InChI is InChI=1S/C20H18N2OS/c23-19(21-12-14-4-2-1-3-5-14)16-8-6-15(7-9-16)18-13-24-20(22-18)17-10-11-17/h1-9,13,17H,10-12H2,(H,21,23).